The van der Waals surface area contributed by atoms with Gasteiger partial charge in [-0.25, -0.2) is 0 Å². The van der Waals surface area contributed by atoms with Crippen molar-refractivity contribution in [2.24, 2.45) is 0 Å². The van der Waals surface area contributed by atoms with E-state index in [1.54, 1.807) is 7.11 Å². The number of rotatable bonds is 7. The van der Waals surface area contributed by atoms with E-state index >= 15 is 0 Å². The fraction of sp³-hybridized carbons (Fsp3) is 0.667. The summed E-state index contributed by atoms with van der Waals surface area (Å²) in [6.07, 6.45) is 5.20. The maximum Gasteiger partial charge on any atom is 0.119 e. The highest BCUT2D eigenvalue weighted by Gasteiger charge is 2.23. The molecule has 118 valence electrons. The molecule has 1 fully saturated rings. The molecule has 3 nitrogen and oxygen atoms in total. The molecule has 3 heteroatoms. The molecule has 1 aliphatic rings. The van der Waals surface area contributed by atoms with Crippen LogP contribution in [-0.4, -0.2) is 38.2 Å². The van der Waals surface area contributed by atoms with Crippen LogP contribution in [0.25, 0.3) is 0 Å². The van der Waals surface area contributed by atoms with Gasteiger partial charge in [0.15, 0.2) is 0 Å². The maximum absolute atomic E-state index is 5.35. The highest BCUT2D eigenvalue weighted by molar-refractivity contribution is 5.36. The first-order chi connectivity index (χ1) is 10.3. The van der Waals surface area contributed by atoms with E-state index in [9.17, 15) is 0 Å². The van der Waals surface area contributed by atoms with E-state index < -0.39 is 0 Å². The molecule has 2 rings (SSSR count). The molecule has 0 spiro atoms. The van der Waals surface area contributed by atoms with Crippen molar-refractivity contribution >= 4 is 0 Å². The zero-order valence-electron chi connectivity index (χ0n) is 13.8. The smallest absolute Gasteiger partial charge is 0.119 e. The molecule has 1 saturated heterocycles. The predicted octanol–water partition coefficient (Wildman–Crippen LogP) is 3.53. The van der Waals surface area contributed by atoms with Gasteiger partial charge in [-0.05, 0) is 36.6 Å². The van der Waals surface area contributed by atoms with E-state index in [0.29, 0.717) is 6.04 Å². The number of benzene rings is 1. The topological polar surface area (TPSA) is 24.5 Å². The highest BCUT2D eigenvalue weighted by Crippen LogP contribution is 2.31. The largest absolute Gasteiger partial charge is 0.497 e. The first-order valence-electron chi connectivity index (χ1n) is 8.35. The van der Waals surface area contributed by atoms with E-state index in [0.717, 1.165) is 31.9 Å². The molecule has 21 heavy (non-hydrogen) atoms. The molecular formula is C18H30N2O. The van der Waals surface area contributed by atoms with Gasteiger partial charge in [0.25, 0.3) is 0 Å². The minimum atomic E-state index is 0.560. The van der Waals surface area contributed by atoms with Crippen LogP contribution in [0.4, 0.5) is 0 Å². The fourth-order valence-electron chi connectivity index (χ4n) is 3.27. The Morgan fingerprint density at radius 1 is 1.24 bits per heavy atom. The van der Waals surface area contributed by atoms with Crippen molar-refractivity contribution in [2.45, 2.75) is 45.6 Å². The van der Waals surface area contributed by atoms with Gasteiger partial charge in [0.05, 0.1) is 7.11 Å². The molecule has 0 amide bonds. The SMILES string of the molecule is CCCCC[C@@H](c1ccc(OC)cc1C)N1CCNCC1. The predicted molar refractivity (Wildman–Crippen MR) is 89.1 cm³/mol. The Bertz CT molecular complexity index is 427. The van der Waals surface area contributed by atoms with Crippen LogP contribution in [0.1, 0.15) is 49.8 Å². The molecule has 0 aromatic heterocycles. The van der Waals surface area contributed by atoms with E-state index in [2.05, 4.69) is 42.3 Å². The molecule has 1 aromatic carbocycles. The number of nitrogens with zero attached hydrogens (tertiary/aromatic N) is 1. The summed E-state index contributed by atoms with van der Waals surface area (Å²) in [6.45, 7) is 9.02. The first kappa shape index (κ1) is 16.3. The van der Waals surface area contributed by atoms with Gasteiger partial charge in [0, 0.05) is 32.2 Å². The average molecular weight is 290 g/mol. The lowest BCUT2D eigenvalue weighted by Gasteiger charge is -2.36. The van der Waals surface area contributed by atoms with Crippen LogP contribution in [0, 0.1) is 6.92 Å². The van der Waals surface area contributed by atoms with Gasteiger partial charge < -0.3 is 10.1 Å². The van der Waals surface area contributed by atoms with Crippen molar-refractivity contribution in [3.63, 3.8) is 0 Å². The highest BCUT2D eigenvalue weighted by atomic mass is 16.5. The van der Waals surface area contributed by atoms with Gasteiger partial charge in [-0.3, -0.25) is 4.90 Å². The van der Waals surface area contributed by atoms with Gasteiger partial charge in [0.2, 0.25) is 0 Å². The fourth-order valence-corrected chi connectivity index (χ4v) is 3.27. The number of aryl methyl sites for hydroxylation is 1. The summed E-state index contributed by atoms with van der Waals surface area (Å²) in [5, 5.41) is 3.46. The Labute approximate surface area is 129 Å². The molecule has 0 aliphatic carbocycles. The zero-order valence-corrected chi connectivity index (χ0v) is 13.8. The van der Waals surface area contributed by atoms with Crippen molar-refractivity contribution in [2.75, 3.05) is 33.3 Å². The van der Waals surface area contributed by atoms with Crippen molar-refractivity contribution in [1.82, 2.24) is 10.2 Å². The molecule has 1 aliphatic heterocycles. The third kappa shape index (κ3) is 4.45. The molecule has 1 heterocycles. The summed E-state index contributed by atoms with van der Waals surface area (Å²) in [5.41, 5.74) is 2.84. The van der Waals surface area contributed by atoms with E-state index in [1.165, 1.54) is 36.8 Å². The Morgan fingerprint density at radius 2 is 2.00 bits per heavy atom. The van der Waals surface area contributed by atoms with E-state index in [-0.39, 0.29) is 0 Å². The lowest BCUT2D eigenvalue weighted by atomic mass is 9.94. The van der Waals surface area contributed by atoms with Crippen LogP contribution in [0.15, 0.2) is 18.2 Å². The Hall–Kier alpha value is -1.06. The quantitative estimate of drug-likeness (QED) is 0.778. The second kappa shape index (κ2) is 8.40. The summed E-state index contributed by atoms with van der Waals surface area (Å²) in [5.74, 6) is 0.962. The third-order valence-electron chi connectivity index (χ3n) is 4.51. The molecule has 1 aromatic rings. The van der Waals surface area contributed by atoms with Crippen LogP contribution < -0.4 is 10.1 Å². The number of nitrogens with one attached hydrogen (secondary N) is 1. The monoisotopic (exact) mass is 290 g/mol. The van der Waals surface area contributed by atoms with Crippen LogP contribution in [-0.2, 0) is 0 Å². The molecule has 1 atom stereocenters. The molecule has 0 unspecified atom stereocenters. The van der Waals surface area contributed by atoms with Crippen LogP contribution in [0.5, 0.6) is 5.75 Å². The average Bonchev–Trinajstić information content (AvgIpc) is 2.53. The minimum absolute atomic E-state index is 0.560. The molecule has 0 saturated carbocycles. The lowest BCUT2D eigenvalue weighted by molar-refractivity contribution is 0.162. The van der Waals surface area contributed by atoms with Crippen molar-refractivity contribution in [3.05, 3.63) is 29.3 Å². The number of hydrogen-bond acceptors (Lipinski definition) is 3. The Kier molecular flexibility index (Phi) is 6.52. The minimum Gasteiger partial charge on any atom is -0.497 e. The van der Waals surface area contributed by atoms with Gasteiger partial charge in [0.1, 0.15) is 5.75 Å². The number of piperazine rings is 1. The van der Waals surface area contributed by atoms with Crippen molar-refractivity contribution in [3.8, 4) is 5.75 Å². The number of unbranched alkanes of at least 4 members (excludes halogenated alkanes) is 2. The molecule has 0 bridgehead atoms. The summed E-state index contributed by atoms with van der Waals surface area (Å²) in [6, 6.07) is 7.11. The van der Waals surface area contributed by atoms with Gasteiger partial charge in [-0.15, -0.1) is 0 Å². The van der Waals surface area contributed by atoms with Gasteiger partial charge >= 0.3 is 0 Å². The number of hydrogen-bond donors (Lipinski definition) is 1. The van der Waals surface area contributed by atoms with Gasteiger partial charge in [-0.1, -0.05) is 32.3 Å². The van der Waals surface area contributed by atoms with Crippen LogP contribution >= 0.6 is 0 Å². The summed E-state index contributed by atoms with van der Waals surface area (Å²) >= 11 is 0. The third-order valence-corrected chi connectivity index (χ3v) is 4.51. The summed E-state index contributed by atoms with van der Waals surface area (Å²) in [4.78, 5) is 2.65. The Balaban J connectivity index is 2.16. The number of ether oxygens (including phenoxy) is 1. The second-order valence-electron chi connectivity index (χ2n) is 6.02. The van der Waals surface area contributed by atoms with Crippen molar-refractivity contribution in [1.29, 1.82) is 0 Å². The molecule has 1 N–H and O–H groups in total. The second-order valence-corrected chi connectivity index (χ2v) is 6.02. The van der Waals surface area contributed by atoms with Gasteiger partial charge in [-0.2, -0.15) is 0 Å². The normalized spacial score (nSPS) is 17.7. The van der Waals surface area contributed by atoms with Crippen molar-refractivity contribution < 1.29 is 4.74 Å². The first-order valence-corrected chi connectivity index (χ1v) is 8.35. The van der Waals surface area contributed by atoms with Crippen LogP contribution in [0.3, 0.4) is 0 Å². The standard InChI is InChI=1S/C18H30N2O/c1-4-5-6-7-18(20-12-10-19-11-13-20)17-9-8-16(21-3)14-15(17)2/h8-9,14,18-19H,4-7,10-13H2,1-3H3/t18-/m0/s1. The molecular weight excluding hydrogens is 260 g/mol. The molecule has 0 radical (unpaired) electrons. The number of methoxy groups -OCH3 is 1. The maximum atomic E-state index is 5.35. The summed E-state index contributed by atoms with van der Waals surface area (Å²) < 4.78 is 5.35. The Morgan fingerprint density at radius 3 is 2.62 bits per heavy atom. The van der Waals surface area contributed by atoms with E-state index in [4.69, 9.17) is 4.74 Å². The summed E-state index contributed by atoms with van der Waals surface area (Å²) in [7, 11) is 1.74. The zero-order chi connectivity index (χ0) is 15.1. The van der Waals surface area contributed by atoms with E-state index in [1.807, 2.05) is 0 Å². The lowest BCUT2D eigenvalue weighted by Crippen LogP contribution is -2.45. The van der Waals surface area contributed by atoms with Crippen LogP contribution in [0.2, 0.25) is 0 Å².